The number of aliphatic hydroxyl groups is 1. The minimum Gasteiger partial charge on any atom is -0.457 e. The molecule has 0 bridgehead atoms. The van der Waals surface area contributed by atoms with Gasteiger partial charge >= 0.3 is 5.97 Å². The minimum absolute atomic E-state index is 0.0214. The molecule has 4 aliphatic carbocycles. The van der Waals surface area contributed by atoms with E-state index in [1.54, 1.807) is 26.8 Å². The number of ether oxygens (including phenoxy) is 1. The molecule has 9 heteroatoms. The topological polar surface area (TPSA) is 93.8 Å². The van der Waals surface area contributed by atoms with Crippen LogP contribution in [0.5, 0.6) is 0 Å². The van der Waals surface area contributed by atoms with Gasteiger partial charge in [-0.3, -0.25) is 9.59 Å². The first-order chi connectivity index (χ1) is 17.0. The Morgan fingerprint density at radius 1 is 1.28 bits per heavy atom. The average molecular weight is 523 g/mol. The monoisotopic (exact) mass is 522 g/mol. The van der Waals surface area contributed by atoms with Gasteiger partial charge in [0.15, 0.2) is 11.4 Å². The summed E-state index contributed by atoms with van der Waals surface area (Å²) in [6, 6.07) is 1.95. The highest BCUT2D eigenvalue weighted by Crippen LogP contribution is 2.72. The van der Waals surface area contributed by atoms with Gasteiger partial charge < -0.3 is 14.3 Å². The molecule has 0 amide bonds. The fourth-order valence-electron chi connectivity index (χ4n) is 8.33. The van der Waals surface area contributed by atoms with Crippen molar-refractivity contribution in [3.63, 3.8) is 0 Å². The van der Waals surface area contributed by atoms with Gasteiger partial charge in [-0.15, -0.1) is 0 Å². The standard InChI is InChI=1S/C27H32F2O6S/c1-15-11-19-18-7-6-16-12-17(30)8-9-24(16,2)26(18,29)21(31)13-25(19,3)27(15,23(33)36-14-28)35-22(32)20-5-4-10-34-20/h4-5,10,12,15,18-19,21,31H,6-9,11,13-14H2,1-3H3/t15-,18+,19+,21+,24+,25+,26+,27+/m1/s1. The lowest BCUT2D eigenvalue weighted by molar-refractivity contribution is -0.226. The number of rotatable bonds is 4. The maximum atomic E-state index is 17.4. The van der Waals surface area contributed by atoms with E-state index in [9.17, 15) is 23.9 Å². The highest BCUT2D eigenvalue weighted by Gasteiger charge is 2.77. The van der Waals surface area contributed by atoms with Crippen molar-refractivity contribution in [2.75, 3.05) is 6.01 Å². The van der Waals surface area contributed by atoms with E-state index < -0.39 is 63.0 Å². The predicted molar refractivity (Wildman–Crippen MR) is 128 cm³/mol. The average Bonchev–Trinajstić information content (AvgIpc) is 3.43. The zero-order valence-corrected chi connectivity index (χ0v) is 21.5. The van der Waals surface area contributed by atoms with Crippen molar-refractivity contribution in [2.45, 2.75) is 76.7 Å². The van der Waals surface area contributed by atoms with Gasteiger partial charge in [-0.2, -0.15) is 0 Å². The first-order valence-corrected chi connectivity index (χ1v) is 13.5. The second-order valence-corrected chi connectivity index (χ2v) is 12.3. The van der Waals surface area contributed by atoms with Gasteiger partial charge in [-0.05, 0) is 68.0 Å². The van der Waals surface area contributed by atoms with Crippen molar-refractivity contribution in [1.82, 2.24) is 0 Å². The summed E-state index contributed by atoms with van der Waals surface area (Å²) < 4.78 is 42.1. The van der Waals surface area contributed by atoms with Crippen LogP contribution in [0.25, 0.3) is 0 Å². The molecule has 3 saturated carbocycles. The molecule has 1 aromatic rings. The number of esters is 1. The summed E-state index contributed by atoms with van der Waals surface area (Å²) in [5.74, 6) is -2.51. The molecule has 0 spiro atoms. The number of ketones is 1. The molecule has 1 heterocycles. The lowest BCUT2D eigenvalue weighted by Gasteiger charge is -2.63. The van der Waals surface area contributed by atoms with Crippen LogP contribution < -0.4 is 0 Å². The molecule has 36 heavy (non-hydrogen) atoms. The molecule has 1 aromatic heterocycles. The van der Waals surface area contributed by atoms with Gasteiger partial charge in [0.2, 0.25) is 10.9 Å². The van der Waals surface area contributed by atoms with Gasteiger partial charge in [0.25, 0.3) is 0 Å². The Bertz CT molecular complexity index is 1120. The number of thioether (sulfide) groups is 1. The minimum atomic E-state index is -2.00. The van der Waals surface area contributed by atoms with Crippen molar-refractivity contribution in [3.05, 3.63) is 35.8 Å². The van der Waals surface area contributed by atoms with Gasteiger partial charge in [0, 0.05) is 29.1 Å². The zero-order valence-electron chi connectivity index (χ0n) is 20.7. The quantitative estimate of drug-likeness (QED) is 0.543. The van der Waals surface area contributed by atoms with E-state index in [4.69, 9.17) is 9.15 Å². The third kappa shape index (κ3) is 3.14. The molecule has 0 aromatic carbocycles. The molecule has 6 nitrogen and oxygen atoms in total. The molecule has 0 aliphatic heterocycles. The second kappa shape index (κ2) is 8.51. The summed E-state index contributed by atoms with van der Waals surface area (Å²) in [6.45, 7) is 5.35. The molecule has 0 unspecified atom stereocenters. The molecular weight excluding hydrogens is 490 g/mol. The normalized spacial score (nSPS) is 43.7. The van der Waals surface area contributed by atoms with Crippen molar-refractivity contribution in [1.29, 1.82) is 0 Å². The lowest BCUT2D eigenvalue weighted by atomic mass is 9.44. The first kappa shape index (κ1) is 25.6. The summed E-state index contributed by atoms with van der Waals surface area (Å²) in [4.78, 5) is 38.8. The smallest absolute Gasteiger partial charge is 0.375 e. The molecule has 196 valence electrons. The van der Waals surface area contributed by atoms with Crippen molar-refractivity contribution >= 4 is 28.6 Å². The van der Waals surface area contributed by atoms with Gasteiger partial charge in [-0.25, -0.2) is 13.6 Å². The molecule has 1 N–H and O–H groups in total. The number of halogens is 2. The summed E-state index contributed by atoms with van der Waals surface area (Å²) in [5.41, 5.74) is -5.15. The zero-order chi connectivity index (χ0) is 26.1. The summed E-state index contributed by atoms with van der Waals surface area (Å²) in [7, 11) is 0. The van der Waals surface area contributed by atoms with Crippen LogP contribution in [-0.2, 0) is 14.3 Å². The highest BCUT2D eigenvalue weighted by atomic mass is 32.2. The Hall–Kier alpha value is -2.00. The van der Waals surface area contributed by atoms with Crippen LogP contribution in [0.3, 0.4) is 0 Å². The summed E-state index contributed by atoms with van der Waals surface area (Å²) >= 11 is 0.437. The van der Waals surface area contributed by atoms with E-state index in [0.29, 0.717) is 37.4 Å². The number of alkyl halides is 2. The Morgan fingerprint density at radius 2 is 2.03 bits per heavy atom. The molecule has 8 atom stereocenters. The highest BCUT2D eigenvalue weighted by molar-refractivity contribution is 8.13. The fourth-order valence-corrected chi connectivity index (χ4v) is 9.12. The Kier molecular flexibility index (Phi) is 6.06. The maximum Gasteiger partial charge on any atom is 0.375 e. The number of furan rings is 1. The predicted octanol–water partition coefficient (Wildman–Crippen LogP) is 5.20. The van der Waals surface area contributed by atoms with Crippen molar-refractivity contribution < 1.29 is 37.4 Å². The van der Waals surface area contributed by atoms with E-state index in [-0.39, 0.29) is 24.4 Å². The Labute approximate surface area is 213 Å². The van der Waals surface area contributed by atoms with Gasteiger partial charge in [-0.1, -0.05) is 26.3 Å². The van der Waals surface area contributed by atoms with E-state index in [1.165, 1.54) is 18.4 Å². The van der Waals surface area contributed by atoms with E-state index in [2.05, 4.69) is 0 Å². The lowest BCUT2D eigenvalue weighted by Crippen LogP contribution is -2.70. The van der Waals surface area contributed by atoms with Crippen LogP contribution >= 0.6 is 11.8 Å². The largest absolute Gasteiger partial charge is 0.457 e. The van der Waals surface area contributed by atoms with Crippen molar-refractivity contribution in [3.8, 4) is 0 Å². The molecule has 0 radical (unpaired) electrons. The van der Waals surface area contributed by atoms with E-state index in [0.717, 1.165) is 5.57 Å². The first-order valence-electron chi connectivity index (χ1n) is 12.6. The third-order valence-electron chi connectivity index (χ3n) is 10.0. The number of carbonyl (C=O) groups is 3. The summed E-state index contributed by atoms with van der Waals surface area (Å²) in [5, 5.41) is 10.9. The Balaban J connectivity index is 1.61. The molecule has 4 aliphatic rings. The molecule has 0 saturated heterocycles. The van der Waals surface area contributed by atoms with Gasteiger partial charge in [0.05, 0.1) is 12.4 Å². The number of carbonyl (C=O) groups excluding carboxylic acids is 3. The third-order valence-corrected chi connectivity index (χ3v) is 10.7. The number of allylic oxidation sites excluding steroid dienone is 1. The maximum absolute atomic E-state index is 17.4. The van der Waals surface area contributed by atoms with E-state index in [1.807, 2.05) is 0 Å². The number of aliphatic hydroxyl groups excluding tert-OH is 1. The molecule has 3 fully saturated rings. The fraction of sp³-hybridized carbons (Fsp3) is 0.667. The van der Waals surface area contributed by atoms with Crippen LogP contribution in [-0.4, -0.2) is 45.4 Å². The van der Waals surface area contributed by atoms with Crippen LogP contribution in [0.1, 0.15) is 69.9 Å². The second-order valence-electron chi connectivity index (χ2n) is 11.4. The van der Waals surface area contributed by atoms with Crippen LogP contribution in [0, 0.1) is 28.6 Å². The Morgan fingerprint density at radius 3 is 2.69 bits per heavy atom. The van der Waals surface area contributed by atoms with Gasteiger partial charge in [0.1, 0.15) is 11.7 Å². The van der Waals surface area contributed by atoms with Crippen LogP contribution in [0.2, 0.25) is 0 Å². The van der Waals surface area contributed by atoms with Crippen molar-refractivity contribution in [2.24, 2.45) is 28.6 Å². The number of fused-ring (bicyclic) bond motifs is 5. The number of hydrogen-bond acceptors (Lipinski definition) is 7. The van der Waals surface area contributed by atoms with Crippen LogP contribution in [0.4, 0.5) is 8.78 Å². The molecule has 5 rings (SSSR count). The molecular formula is C27H32F2O6S. The van der Waals surface area contributed by atoms with Crippen LogP contribution in [0.15, 0.2) is 34.5 Å². The number of hydrogen-bond donors (Lipinski definition) is 1. The summed E-state index contributed by atoms with van der Waals surface area (Å²) in [6.07, 6.45) is 3.13. The van der Waals surface area contributed by atoms with E-state index >= 15 is 4.39 Å². The SMILES string of the molecule is C[C@@H]1C[C@H]2[C@@H]3CCC4=CC(=O)CC[C@]4(C)[C@@]3(F)[C@@H](O)C[C@]2(C)[C@@]1(OC(=O)c1ccco1)C(=O)SCF.